The summed E-state index contributed by atoms with van der Waals surface area (Å²) < 4.78 is 42.4. The van der Waals surface area contributed by atoms with Crippen LogP contribution in [0.5, 0.6) is 0 Å². The highest BCUT2D eigenvalue weighted by Crippen LogP contribution is 2.39. The summed E-state index contributed by atoms with van der Waals surface area (Å²) in [4.78, 5) is 21.4. The molecule has 1 aromatic carbocycles. The fraction of sp³-hybridized carbons (Fsp3) is 0.261. The van der Waals surface area contributed by atoms with Crippen LogP contribution in [0, 0.1) is 0 Å². The van der Waals surface area contributed by atoms with Crippen LogP contribution in [0.2, 0.25) is 0 Å². The lowest BCUT2D eigenvalue weighted by Crippen LogP contribution is -2.24. The number of benzene rings is 1. The average molecular weight is 467 g/mol. The van der Waals surface area contributed by atoms with Crippen molar-refractivity contribution in [2.45, 2.75) is 37.9 Å². The lowest BCUT2D eigenvalue weighted by Gasteiger charge is -2.18. The van der Waals surface area contributed by atoms with Crippen LogP contribution >= 0.6 is 0 Å². The van der Waals surface area contributed by atoms with E-state index in [1.807, 2.05) is 10.8 Å². The highest BCUT2D eigenvalue weighted by atomic mass is 19.4. The van der Waals surface area contributed by atoms with Gasteiger partial charge in [-0.3, -0.25) is 9.78 Å². The first kappa shape index (κ1) is 21.8. The van der Waals surface area contributed by atoms with E-state index < -0.39 is 18.1 Å². The van der Waals surface area contributed by atoms with Crippen LogP contribution in [-0.2, 0) is 0 Å². The van der Waals surface area contributed by atoms with Gasteiger partial charge < -0.3 is 14.5 Å². The van der Waals surface area contributed by atoms with Crippen molar-refractivity contribution in [2.24, 2.45) is 0 Å². The van der Waals surface area contributed by atoms with Gasteiger partial charge in [0.2, 0.25) is 0 Å². The molecule has 0 unspecified atom stereocenters. The van der Waals surface area contributed by atoms with Crippen molar-refractivity contribution in [1.29, 1.82) is 0 Å². The number of anilines is 1. The zero-order valence-corrected chi connectivity index (χ0v) is 18.1. The van der Waals surface area contributed by atoms with Gasteiger partial charge in [-0.2, -0.15) is 13.2 Å². The lowest BCUT2D eigenvalue weighted by atomic mass is 10.1. The SMILES string of the molecule is C[C@H](n1cnnc1-c1cccc(NC(=O)c2cc(-n3cnc(C4CC4)c3)ccn2)c1)C(F)(F)F. The summed E-state index contributed by atoms with van der Waals surface area (Å²) in [6.07, 6.45) is 4.09. The average Bonchev–Trinajstić information content (AvgIpc) is 3.34. The minimum absolute atomic E-state index is 0.0487. The van der Waals surface area contributed by atoms with Gasteiger partial charge in [-0.1, -0.05) is 12.1 Å². The van der Waals surface area contributed by atoms with Crippen molar-refractivity contribution in [3.8, 4) is 17.1 Å². The maximum atomic E-state index is 13.2. The minimum Gasteiger partial charge on any atom is -0.321 e. The third kappa shape index (κ3) is 4.41. The molecule has 1 aliphatic carbocycles. The van der Waals surface area contributed by atoms with Crippen LogP contribution in [0.25, 0.3) is 17.1 Å². The molecule has 5 rings (SSSR count). The molecule has 1 aliphatic rings. The molecule has 11 heteroatoms. The van der Waals surface area contributed by atoms with Crippen LogP contribution in [-0.4, -0.2) is 41.4 Å². The van der Waals surface area contributed by atoms with Gasteiger partial charge >= 0.3 is 6.18 Å². The number of nitrogens with one attached hydrogen (secondary N) is 1. The van der Waals surface area contributed by atoms with Crippen LogP contribution in [0.1, 0.15) is 47.9 Å². The molecule has 3 aromatic heterocycles. The largest absolute Gasteiger partial charge is 0.408 e. The maximum absolute atomic E-state index is 13.2. The van der Waals surface area contributed by atoms with E-state index in [4.69, 9.17) is 0 Å². The number of amides is 1. The molecule has 1 fully saturated rings. The van der Waals surface area contributed by atoms with Crippen LogP contribution in [0.3, 0.4) is 0 Å². The molecule has 174 valence electrons. The number of aromatic nitrogens is 6. The predicted octanol–water partition coefficient (Wildman–Crippen LogP) is 4.78. The van der Waals surface area contributed by atoms with E-state index in [0.29, 0.717) is 17.2 Å². The van der Waals surface area contributed by atoms with E-state index in [2.05, 4.69) is 25.5 Å². The molecule has 34 heavy (non-hydrogen) atoms. The Labute approximate surface area is 192 Å². The molecular formula is C23H20F3N7O. The number of rotatable bonds is 6. The Morgan fingerprint density at radius 3 is 2.74 bits per heavy atom. The van der Waals surface area contributed by atoms with Crippen LogP contribution < -0.4 is 5.32 Å². The zero-order valence-electron chi connectivity index (χ0n) is 18.1. The number of halogens is 3. The Hall–Kier alpha value is -4.02. The summed E-state index contributed by atoms with van der Waals surface area (Å²) in [6, 6.07) is 8.04. The van der Waals surface area contributed by atoms with Crippen LogP contribution in [0.15, 0.2) is 61.4 Å². The molecule has 0 radical (unpaired) electrons. The Morgan fingerprint density at radius 1 is 1.15 bits per heavy atom. The monoisotopic (exact) mass is 467 g/mol. The highest BCUT2D eigenvalue weighted by Gasteiger charge is 2.38. The number of nitrogens with zero attached hydrogens (tertiary/aromatic N) is 6. The zero-order chi connectivity index (χ0) is 23.9. The number of carbonyl (C=O) groups is 1. The Balaban J connectivity index is 1.36. The summed E-state index contributed by atoms with van der Waals surface area (Å²) in [5.74, 6) is 0.113. The molecule has 0 aliphatic heterocycles. The quantitative estimate of drug-likeness (QED) is 0.441. The fourth-order valence-electron chi connectivity index (χ4n) is 3.59. The van der Waals surface area contributed by atoms with Gasteiger partial charge in [-0.25, -0.2) is 4.98 Å². The molecule has 1 atom stereocenters. The van der Waals surface area contributed by atoms with Crippen LogP contribution in [0.4, 0.5) is 18.9 Å². The summed E-state index contributed by atoms with van der Waals surface area (Å²) in [7, 11) is 0. The third-order valence-electron chi connectivity index (χ3n) is 5.72. The van der Waals surface area contributed by atoms with Crippen molar-refractivity contribution in [2.75, 3.05) is 5.32 Å². The van der Waals surface area contributed by atoms with Crippen molar-refractivity contribution >= 4 is 11.6 Å². The Bertz CT molecular complexity index is 1340. The summed E-state index contributed by atoms with van der Waals surface area (Å²) in [5.41, 5.74) is 2.76. The van der Waals surface area contributed by atoms with Gasteiger partial charge in [0.05, 0.1) is 17.7 Å². The van der Waals surface area contributed by atoms with E-state index in [9.17, 15) is 18.0 Å². The van der Waals surface area contributed by atoms with Gasteiger partial charge in [-0.15, -0.1) is 10.2 Å². The number of hydrogen-bond donors (Lipinski definition) is 1. The Kier molecular flexibility index (Phi) is 5.39. The van der Waals surface area contributed by atoms with E-state index in [1.165, 1.54) is 0 Å². The molecule has 4 aromatic rings. The van der Waals surface area contributed by atoms with Gasteiger partial charge in [0.1, 0.15) is 18.1 Å². The smallest absolute Gasteiger partial charge is 0.321 e. The number of imidazole rings is 1. The summed E-state index contributed by atoms with van der Waals surface area (Å²) in [5, 5.41) is 10.2. The van der Waals surface area contributed by atoms with Gasteiger partial charge in [0.25, 0.3) is 5.91 Å². The van der Waals surface area contributed by atoms with Crippen molar-refractivity contribution in [1.82, 2.24) is 29.3 Å². The maximum Gasteiger partial charge on any atom is 0.408 e. The summed E-state index contributed by atoms with van der Waals surface area (Å²) in [6.45, 7) is 1.03. The van der Waals surface area contributed by atoms with Gasteiger partial charge in [0, 0.05) is 29.6 Å². The normalized spacial score (nSPS) is 14.7. The third-order valence-corrected chi connectivity index (χ3v) is 5.72. The lowest BCUT2D eigenvalue weighted by molar-refractivity contribution is -0.162. The van der Waals surface area contributed by atoms with E-state index in [-0.39, 0.29) is 11.5 Å². The fourth-order valence-corrected chi connectivity index (χ4v) is 3.59. The minimum atomic E-state index is -4.45. The highest BCUT2D eigenvalue weighted by molar-refractivity contribution is 6.03. The standard InChI is InChI=1S/C23H20F3N7O/c1-14(23(24,25)26)33-13-29-31-21(33)16-3-2-4-17(9-16)30-22(34)19-10-18(7-8-27-19)32-11-20(28-12-32)15-5-6-15/h2-4,7-15H,5-6H2,1H3,(H,30,34)/t14-/m0/s1. The number of alkyl halides is 3. The second kappa shape index (κ2) is 8.40. The molecule has 0 spiro atoms. The predicted molar refractivity (Wildman–Crippen MR) is 118 cm³/mol. The topological polar surface area (TPSA) is 90.5 Å². The van der Waals surface area contributed by atoms with E-state index in [0.717, 1.165) is 42.0 Å². The Morgan fingerprint density at radius 2 is 1.97 bits per heavy atom. The molecule has 1 N–H and O–H groups in total. The van der Waals surface area contributed by atoms with Gasteiger partial charge in [0.15, 0.2) is 5.82 Å². The first-order chi connectivity index (χ1) is 16.3. The van der Waals surface area contributed by atoms with Crippen molar-refractivity contribution < 1.29 is 18.0 Å². The molecule has 8 nitrogen and oxygen atoms in total. The second-order valence-corrected chi connectivity index (χ2v) is 8.19. The van der Waals surface area contributed by atoms with E-state index >= 15 is 0 Å². The summed E-state index contributed by atoms with van der Waals surface area (Å²) >= 11 is 0. The molecule has 1 amide bonds. The first-order valence-electron chi connectivity index (χ1n) is 10.7. The molecule has 1 saturated carbocycles. The molecule has 0 saturated heterocycles. The molecular weight excluding hydrogens is 447 g/mol. The second-order valence-electron chi connectivity index (χ2n) is 8.19. The van der Waals surface area contributed by atoms with Gasteiger partial charge in [-0.05, 0) is 44.0 Å². The number of pyridine rings is 1. The molecule has 0 bridgehead atoms. The molecule has 3 heterocycles. The van der Waals surface area contributed by atoms with Crippen molar-refractivity contribution in [3.63, 3.8) is 0 Å². The number of carbonyl (C=O) groups excluding carboxylic acids is 1. The number of hydrogen-bond acceptors (Lipinski definition) is 5. The first-order valence-corrected chi connectivity index (χ1v) is 10.7. The van der Waals surface area contributed by atoms with E-state index in [1.54, 1.807) is 48.9 Å². The van der Waals surface area contributed by atoms with Crippen molar-refractivity contribution in [3.05, 3.63) is 72.8 Å².